The molecule has 38 heavy (non-hydrogen) atoms. The molecule has 5 atom stereocenters. The van der Waals surface area contributed by atoms with Gasteiger partial charge in [-0.25, -0.2) is 14.2 Å². The number of thiazole rings is 1. The number of hydrogen-bond acceptors (Lipinski definition) is 7. The molecular formula is C29H34FN3O4S. The van der Waals surface area contributed by atoms with Crippen LogP contribution in [0.1, 0.15) is 110 Å². The fourth-order valence-corrected chi connectivity index (χ4v) is 8.31. The van der Waals surface area contributed by atoms with E-state index in [1.54, 1.807) is 0 Å². The van der Waals surface area contributed by atoms with Crippen LogP contribution < -0.4 is 4.90 Å². The molecule has 2 aliphatic carbocycles. The molecule has 4 fully saturated rings. The predicted molar refractivity (Wildman–Crippen MR) is 142 cm³/mol. The molecule has 0 amide bonds. The van der Waals surface area contributed by atoms with Gasteiger partial charge < -0.3 is 19.3 Å². The van der Waals surface area contributed by atoms with E-state index in [2.05, 4.69) is 22.0 Å². The van der Waals surface area contributed by atoms with Crippen molar-refractivity contribution in [1.29, 1.82) is 0 Å². The van der Waals surface area contributed by atoms with Crippen molar-refractivity contribution in [2.45, 2.75) is 108 Å². The smallest absolute Gasteiger partial charge is 0.335 e. The Kier molecular flexibility index (Phi) is 6.19. The van der Waals surface area contributed by atoms with Crippen LogP contribution in [0.15, 0.2) is 16.7 Å². The minimum absolute atomic E-state index is 0.0402. The molecule has 1 N–H and O–H groups in total. The summed E-state index contributed by atoms with van der Waals surface area (Å²) in [4.78, 5) is 18.3. The van der Waals surface area contributed by atoms with E-state index in [1.165, 1.54) is 61.5 Å². The summed E-state index contributed by atoms with van der Waals surface area (Å²) in [5.74, 6) is 0.971. The van der Waals surface area contributed by atoms with Crippen molar-refractivity contribution in [1.82, 2.24) is 10.1 Å². The average Bonchev–Trinajstić information content (AvgIpc) is 3.41. The van der Waals surface area contributed by atoms with Crippen molar-refractivity contribution in [3.63, 3.8) is 0 Å². The van der Waals surface area contributed by atoms with Gasteiger partial charge in [-0.3, -0.25) is 0 Å². The van der Waals surface area contributed by atoms with Gasteiger partial charge in [0.15, 0.2) is 10.9 Å². The quantitative estimate of drug-likeness (QED) is 0.345. The van der Waals surface area contributed by atoms with Crippen molar-refractivity contribution in [3.8, 4) is 0 Å². The number of fused-ring (bicyclic) bond motifs is 3. The zero-order chi connectivity index (χ0) is 26.0. The highest BCUT2D eigenvalue weighted by atomic mass is 32.1. The lowest BCUT2D eigenvalue weighted by molar-refractivity contribution is 0.0140. The fraction of sp³-hybridized carbons (Fsp3) is 0.621. The first kappa shape index (κ1) is 24.5. The summed E-state index contributed by atoms with van der Waals surface area (Å²) >= 11 is 1.39. The number of aromatic carboxylic acids is 1. The molecule has 202 valence electrons. The van der Waals surface area contributed by atoms with E-state index < -0.39 is 11.8 Å². The van der Waals surface area contributed by atoms with Crippen LogP contribution >= 0.6 is 11.3 Å². The first-order valence-corrected chi connectivity index (χ1v) is 15.0. The lowest BCUT2D eigenvalue weighted by atomic mass is 9.77. The van der Waals surface area contributed by atoms with Crippen molar-refractivity contribution >= 4 is 32.7 Å². The Hall–Kier alpha value is -2.52. The predicted octanol–water partition coefficient (Wildman–Crippen LogP) is 7.01. The van der Waals surface area contributed by atoms with E-state index in [-0.39, 0.29) is 17.2 Å². The Morgan fingerprint density at radius 1 is 1.16 bits per heavy atom. The monoisotopic (exact) mass is 539 g/mol. The van der Waals surface area contributed by atoms with Gasteiger partial charge in [-0.05, 0) is 63.0 Å². The summed E-state index contributed by atoms with van der Waals surface area (Å²) in [6, 6.07) is 3.18. The maximum absolute atomic E-state index is 14.6. The lowest BCUT2D eigenvalue weighted by Gasteiger charge is -2.38. The van der Waals surface area contributed by atoms with Crippen molar-refractivity contribution in [2.75, 3.05) is 4.90 Å². The number of halogens is 1. The normalized spacial score (nSPS) is 29.3. The fourth-order valence-electron chi connectivity index (χ4n) is 7.15. The number of piperidine rings is 1. The number of anilines is 1. The molecule has 4 aliphatic rings. The van der Waals surface area contributed by atoms with Gasteiger partial charge in [0, 0.05) is 29.5 Å². The van der Waals surface area contributed by atoms with Gasteiger partial charge in [0.05, 0.1) is 28.7 Å². The molecule has 2 bridgehead atoms. The van der Waals surface area contributed by atoms with E-state index in [0.29, 0.717) is 41.1 Å². The van der Waals surface area contributed by atoms with E-state index >= 15 is 0 Å². The van der Waals surface area contributed by atoms with Crippen LogP contribution in [0.2, 0.25) is 0 Å². The molecule has 0 spiro atoms. The Bertz CT molecular complexity index is 1350. The Morgan fingerprint density at radius 2 is 1.92 bits per heavy atom. The van der Waals surface area contributed by atoms with Crippen molar-refractivity contribution in [2.24, 2.45) is 5.92 Å². The molecule has 9 heteroatoms. The molecule has 4 heterocycles. The summed E-state index contributed by atoms with van der Waals surface area (Å²) in [5, 5.41) is 14.7. The second-order valence-corrected chi connectivity index (χ2v) is 12.9. The summed E-state index contributed by atoms with van der Waals surface area (Å²) in [5.41, 5.74) is 2.59. The topological polar surface area (TPSA) is 88.7 Å². The van der Waals surface area contributed by atoms with Crippen LogP contribution in [0, 0.1) is 11.7 Å². The molecule has 7 nitrogen and oxygen atoms in total. The Labute approximate surface area is 225 Å². The van der Waals surface area contributed by atoms with Crippen molar-refractivity contribution in [3.05, 3.63) is 40.5 Å². The van der Waals surface area contributed by atoms with Gasteiger partial charge >= 0.3 is 5.97 Å². The van der Waals surface area contributed by atoms with E-state index in [0.717, 1.165) is 48.3 Å². The number of hydrogen-bond donors (Lipinski definition) is 1. The first-order valence-electron chi connectivity index (χ1n) is 14.2. The van der Waals surface area contributed by atoms with Gasteiger partial charge in [0.1, 0.15) is 11.3 Å². The van der Waals surface area contributed by atoms with Crippen LogP contribution in [0.3, 0.4) is 0 Å². The van der Waals surface area contributed by atoms with Gasteiger partial charge in [-0.2, -0.15) is 0 Å². The molecule has 3 unspecified atom stereocenters. The molecule has 2 aliphatic heterocycles. The van der Waals surface area contributed by atoms with Crippen LogP contribution in [0.4, 0.5) is 9.52 Å². The molecule has 3 aromatic rings. The van der Waals surface area contributed by atoms with Gasteiger partial charge in [-0.1, -0.05) is 42.7 Å². The summed E-state index contributed by atoms with van der Waals surface area (Å²) in [6.07, 6.45) is 11.5. The second kappa shape index (κ2) is 9.59. The first-order chi connectivity index (χ1) is 18.5. The average molecular weight is 540 g/mol. The highest BCUT2D eigenvalue weighted by Gasteiger charge is 2.43. The maximum Gasteiger partial charge on any atom is 0.335 e. The third kappa shape index (κ3) is 4.31. The highest BCUT2D eigenvalue weighted by Crippen LogP contribution is 2.47. The number of benzene rings is 1. The van der Waals surface area contributed by atoms with Crippen LogP contribution in [-0.2, 0) is 11.3 Å². The second-order valence-electron chi connectivity index (χ2n) is 11.9. The number of carbonyl (C=O) groups is 1. The van der Waals surface area contributed by atoms with Crippen LogP contribution in [-0.4, -0.2) is 39.4 Å². The van der Waals surface area contributed by atoms with E-state index in [1.807, 2.05) is 0 Å². The third-order valence-corrected chi connectivity index (χ3v) is 10.3. The van der Waals surface area contributed by atoms with Crippen LogP contribution in [0.5, 0.6) is 0 Å². The summed E-state index contributed by atoms with van der Waals surface area (Å²) < 4.78 is 27.8. The molecule has 2 saturated heterocycles. The Balaban J connectivity index is 1.08. The number of aromatic nitrogens is 2. The largest absolute Gasteiger partial charge is 0.478 e. The zero-order valence-corrected chi connectivity index (χ0v) is 22.5. The molecule has 2 aromatic heterocycles. The summed E-state index contributed by atoms with van der Waals surface area (Å²) in [7, 11) is 0. The molecule has 1 aromatic carbocycles. The number of nitrogens with zero attached hydrogens (tertiary/aromatic N) is 3. The van der Waals surface area contributed by atoms with E-state index in [4.69, 9.17) is 9.26 Å². The minimum Gasteiger partial charge on any atom is -0.478 e. The Morgan fingerprint density at radius 3 is 2.63 bits per heavy atom. The molecular weight excluding hydrogens is 505 g/mol. The number of carboxylic acid groups (broad SMARTS) is 1. The SMILES string of the molecule is CC1CCCCC1c1noc(C2CC2)c1CO[C@@H]1CC2CC[C@@H](C1)N2c1nc2c(F)cc(C(=O)O)cc2s1. The van der Waals surface area contributed by atoms with Gasteiger partial charge in [0.2, 0.25) is 0 Å². The summed E-state index contributed by atoms with van der Waals surface area (Å²) in [6.45, 7) is 2.92. The number of ether oxygens (including phenoxy) is 1. The minimum atomic E-state index is -1.13. The zero-order valence-electron chi connectivity index (χ0n) is 21.7. The van der Waals surface area contributed by atoms with Crippen LogP contribution in [0.25, 0.3) is 10.2 Å². The van der Waals surface area contributed by atoms with Gasteiger partial charge in [0.25, 0.3) is 0 Å². The van der Waals surface area contributed by atoms with Crippen molar-refractivity contribution < 1.29 is 23.6 Å². The molecule has 0 radical (unpaired) electrons. The maximum atomic E-state index is 14.6. The highest BCUT2D eigenvalue weighted by molar-refractivity contribution is 7.22. The molecule has 7 rings (SSSR count). The standard InChI is InChI=1S/C29H34FN3O4S/c1-15-4-2-3-5-21(15)25-22(27(37-32-25)16-6-7-16)14-36-20-12-18-8-9-19(13-20)33(18)29-31-26-23(30)10-17(28(34)35)11-24(26)38-29/h10-11,15-16,18-21H,2-9,12-14H2,1H3,(H,34,35)/t15?,18-,19?,20-,21?/m0/s1. The van der Waals surface area contributed by atoms with E-state index in [9.17, 15) is 14.3 Å². The molecule has 2 saturated carbocycles. The third-order valence-electron chi connectivity index (χ3n) is 9.32. The number of carboxylic acids is 1. The van der Waals surface area contributed by atoms with Gasteiger partial charge in [-0.15, -0.1) is 0 Å². The number of rotatable bonds is 7. The lowest BCUT2D eigenvalue weighted by Crippen LogP contribution is -2.45.